The lowest BCUT2D eigenvalue weighted by atomic mass is 10.1. The number of nitro benzene ring substituents is 1. The largest absolute Gasteiger partial charge is 0.271 e. The number of allylic oxidation sites excluding steroid dienone is 1. The third kappa shape index (κ3) is 3.85. The first kappa shape index (κ1) is 15.1. The molecule has 0 amide bonds. The Labute approximate surface area is 129 Å². The third-order valence-electron chi connectivity index (χ3n) is 2.50. The number of hydrogen-bond acceptors (Lipinski definition) is 7. The van der Waals surface area contributed by atoms with Gasteiger partial charge in [-0.1, -0.05) is 23.5 Å². The average molecular weight is 316 g/mol. The lowest BCUT2D eigenvalue weighted by molar-refractivity contribution is -0.384. The van der Waals surface area contributed by atoms with Crippen molar-refractivity contribution in [1.29, 1.82) is 10.5 Å². The highest BCUT2D eigenvalue weighted by atomic mass is 32.2. The first-order chi connectivity index (χ1) is 10.1. The van der Waals surface area contributed by atoms with Gasteiger partial charge in [-0.3, -0.25) is 15.1 Å². The summed E-state index contributed by atoms with van der Waals surface area (Å²) in [5, 5.41) is 28.5. The average Bonchev–Trinajstić information content (AvgIpc) is 2.98. The van der Waals surface area contributed by atoms with Gasteiger partial charge in [0.25, 0.3) is 5.69 Å². The molecule has 0 bridgehead atoms. The minimum atomic E-state index is -0.508. The van der Waals surface area contributed by atoms with Gasteiger partial charge in [0.05, 0.1) is 11.5 Å². The van der Waals surface area contributed by atoms with Crippen molar-refractivity contribution < 1.29 is 4.92 Å². The summed E-state index contributed by atoms with van der Waals surface area (Å²) in [7, 11) is 0. The Balaban J connectivity index is 2.44. The first-order valence-corrected chi connectivity index (χ1v) is 7.59. The number of non-ortho nitro benzene ring substituents is 1. The third-order valence-corrected chi connectivity index (χ3v) is 4.76. The Morgan fingerprint density at radius 2 is 2.24 bits per heavy atom. The molecule has 21 heavy (non-hydrogen) atoms. The summed E-state index contributed by atoms with van der Waals surface area (Å²) in [4.78, 5) is 15.4. The summed E-state index contributed by atoms with van der Waals surface area (Å²) in [6.07, 6.45) is 1.36. The molecule has 0 aromatic heterocycles. The molecule has 0 N–H and O–H groups in total. The van der Waals surface area contributed by atoms with Crippen LogP contribution in [0.3, 0.4) is 0 Å². The Kier molecular flexibility index (Phi) is 4.99. The second kappa shape index (κ2) is 6.93. The molecule has 6 nitrogen and oxygen atoms in total. The van der Waals surface area contributed by atoms with E-state index < -0.39 is 4.92 Å². The second-order valence-corrected chi connectivity index (χ2v) is 6.23. The Bertz CT molecular complexity index is 713. The van der Waals surface area contributed by atoms with Gasteiger partial charge in [0, 0.05) is 22.8 Å². The van der Waals surface area contributed by atoms with Gasteiger partial charge in [-0.25, -0.2) is 0 Å². The number of nitriles is 2. The number of hydrogen-bond donors (Lipinski definition) is 0. The maximum Gasteiger partial charge on any atom is 0.270 e. The van der Waals surface area contributed by atoms with Gasteiger partial charge in [0.15, 0.2) is 0 Å². The molecule has 0 spiro atoms. The highest BCUT2D eigenvalue weighted by Gasteiger charge is 2.15. The molecule has 1 aliphatic heterocycles. The molecule has 0 saturated carbocycles. The molecule has 0 fully saturated rings. The van der Waals surface area contributed by atoms with Crippen molar-refractivity contribution >= 4 is 39.7 Å². The van der Waals surface area contributed by atoms with Gasteiger partial charge in [0.1, 0.15) is 22.1 Å². The van der Waals surface area contributed by atoms with E-state index >= 15 is 0 Å². The number of rotatable bonds is 3. The zero-order valence-electron chi connectivity index (χ0n) is 10.6. The van der Waals surface area contributed by atoms with Gasteiger partial charge < -0.3 is 0 Å². The van der Waals surface area contributed by atoms with Crippen molar-refractivity contribution in [3.05, 3.63) is 39.4 Å². The maximum absolute atomic E-state index is 10.9. The van der Waals surface area contributed by atoms with Crippen molar-refractivity contribution in [1.82, 2.24) is 0 Å². The number of nitrogens with zero attached hydrogens (tertiary/aromatic N) is 4. The number of benzene rings is 1. The quantitative estimate of drug-likeness (QED) is 0.482. The zero-order valence-corrected chi connectivity index (χ0v) is 12.3. The van der Waals surface area contributed by atoms with Crippen molar-refractivity contribution in [3.8, 4) is 12.1 Å². The van der Waals surface area contributed by atoms with Crippen molar-refractivity contribution in [2.45, 2.75) is 4.90 Å². The normalized spacial score (nSPS) is 13.0. The molecular weight excluding hydrogens is 308 g/mol. The van der Waals surface area contributed by atoms with E-state index in [4.69, 9.17) is 10.5 Å². The first-order valence-electron chi connectivity index (χ1n) is 5.79. The molecule has 2 rings (SSSR count). The minimum Gasteiger partial charge on any atom is -0.271 e. The van der Waals surface area contributed by atoms with Gasteiger partial charge >= 0.3 is 0 Å². The van der Waals surface area contributed by atoms with Crippen LogP contribution in [0, 0.1) is 32.8 Å². The van der Waals surface area contributed by atoms with E-state index in [2.05, 4.69) is 4.99 Å². The molecule has 0 unspecified atom stereocenters. The molecule has 1 aromatic carbocycles. The van der Waals surface area contributed by atoms with Crippen LogP contribution in [0.5, 0.6) is 0 Å². The maximum atomic E-state index is 10.9. The van der Waals surface area contributed by atoms with E-state index in [1.165, 1.54) is 30.0 Å². The lowest BCUT2D eigenvalue weighted by Gasteiger charge is -2.05. The molecule has 8 heteroatoms. The Morgan fingerprint density at radius 1 is 1.48 bits per heavy atom. The van der Waals surface area contributed by atoms with Crippen LogP contribution in [-0.2, 0) is 0 Å². The fourth-order valence-corrected chi connectivity index (χ4v) is 3.58. The fraction of sp³-hybridized carbons (Fsp3) is 0.154. The van der Waals surface area contributed by atoms with Crippen molar-refractivity contribution in [3.63, 3.8) is 0 Å². The van der Waals surface area contributed by atoms with E-state index in [0.717, 1.165) is 21.6 Å². The molecule has 0 atom stereocenters. The summed E-state index contributed by atoms with van der Waals surface area (Å²) < 4.78 is 0.883. The number of nitro groups is 1. The zero-order chi connectivity index (χ0) is 15.2. The second-order valence-electron chi connectivity index (χ2n) is 3.86. The van der Waals surface area contributed by atoms with Crippen LogP contribution in [0.25, 0.3) is 6.08 Å². The standard InChI is InChI=1S/C13H8N4O2S2/c14-7-9(8-15)5-10-6-11(17(18)19)1-2-12(10)21-13-16-3-4-20-13/h1-2,5-6H,3-4H2. The summed E-state index contributed by atoms with van der Waals surface area (Å²) in [6.45, 7) is 0.757. The molecule has 1 aliphatic rings. The fourth-order valence-electron chi connectivity index (χ4n) is 1.57. The molecular formula is C13H8N4O2S2. The number of aliphatic imine (C=N–C) groups is 1. The van der Waals surface area contributed by atoms with Gasteiger partial charge in [-0.2, -0.15) is 10.5 Å². The van der Waals surface area contributed by atoms with E-state index in [9.17, 15) is 10.1 Å². The minimum absolute atomic E-state index is 0.0816. The van der Waals surface area contributed by atoms with E-state index in [0.29, 0.717) is 5.56 Å². The summed E-state index contributed by atoms with van der Waals surface area (Å²) >= 11 is 3.00. The van der Waals surface area contributed by atoms with Gasteiger partial charge in [0.2, 0.25) is 0 Å². The molecule has 0 saturated heterocycles. The molecule has 1 heterocycles. The van der Waals surface area contributed by atoms with Gasteiger partial charge in [-0.15, -0.1) is 0 Å². The molecule has 0 radical (unpaired) electrons. The molecule has 1 aromatic rings. The van der Waals surface area contributed by atoms with E-state index in [-0.39, 0.29) is 11.3 Å². The van der Waals surface area contributed by atoms with Crippen molar-refractivity contribution in [2.75, 3.05) is 12.3 Å². The van der Waals surface area contributed by atoms with E-state index in [1.807, 2.05) is 0 Å². The monoisotopic (exact) mass is 316 g/mol. The summed E-state index contributed by atoms with van der Waals surface area (Å²) in [5.74, 6) is 0.919. The van der Waals surface area contributed by atoms with Crippen LogP contribution < -0.4 is 0 Å². The van der Waals surface area contributed by atoms with Gasteiger partial charge in [-0.05, 0) is 17.7 Å². The highest BCUT2D eigenvalue weighted by molar-refractivity contribution is 8.39. The van der Waals surface area contributed by atoms with Crippen LogP contribution in [0.15, 0.2) is 33.7 Å². The highest BCUT2D eigenvalue weighted by Crippen LogP contribution is 2.34. The van der Waals surface area contributed by atoms with Crippen molar-refractivity contribution in [2.24, 2.45) is 4.99 Å². The SMILES string of the molecule is N#CC(C#N)=Cc1cc([N+](=O)[O-])ccc1SC1=NCCS1. The number of thioether (sulfide) groups is 2. The predicted octanol–water partition coefficient (Wildman–Crippen LogP) is 3.22. The van der Waals surface area contributed by atoms with Crippen LogP contribution in [-0.4, -0.2) is 21.6 Å². The predicted molar refractivity (Wildman–Crippen MR) is 82.9 cm³/mol. The van der Waals surface area contributed by atoms with Crippen LogP contribution >= 0.6 is 23.5 Å². The Morgan fingerprint density at radius 3 is 2.81 bits per heavy atom. The Hall–Kier alpha value is -2.29. The van der Waals surface area contributed by atoms with E-state index in [1.54, 1.807) is 30.0 Å². The smallest absolute Gasteiger partial charge is 0.270 e. The van der Waals surface area contributed by atoms with Crippen LogP contribution in [0.1, 0.15) is 5.56 Å². The summed E-state index contributed by atoms with van der Waals surface area (Å²) in [5.41, 5.74) is 0.294. The molecule has 0 aliphatic carbocycles. The van der Waals surface area contributed by atoms with Crippen LogP contribution in [0.4, 0.5) is 5.69 Å². The summed E-state index contributed by atoms with van der Waals surface area (Å²) in [6, 6.07) is 7.88. The van der Waals surface area contributed by atoms with Crippen LogP contribution in [0.2, 0.25) is 0 Å². The molecule has 104 valence electrons. The lowest BCUT2D eigenvalue weighted by Crippen LogP contribution is -1.91. The topological polar surface area (TPSA) is 103 Å².